The van der Waals surface area contributed by atoms with E-state index in [1.54, 1.807) is 0 Å². The minimum atomic E-state index is -0.0577. The molecule has 2 heterocycles. The molecular formula is C21H34N4O2. The fourth-order valence-corrected chi connectivity index (χ4v) is 3.45. The molecule has 0 spiro atoms. The Morgan fingerprint density at radius 2 is 1.93 bits per heavy atom. The van der Waals surface area contributed by atoms with Crippen LogP contribution in [0.15, 0.2) is 12.1 Å². The number of likely N-dealkylation sites (tertiary alicyclic amines) is 1. The first kappa shape index (κ1) is 21.4. The van der Waals surface area contributed by atoms with Gasteiger partial charge in [-0.1, -0.05) is 13.8 Å². The summed E-state index contributed by atoms with van der Waals surface area (Å²) in [6.45, 7) is 9.00. The number of piperidine rings is 1. The number of amides is 2. The number of rotatable bonds is 7. The molecule has 2 rings (SSSR count). The summed E-state index contributed by atoms with van der Waals surface area (Å²) in [5, 5.41) is 2.99. The van der Waals surface area contributed by atoms with E-state index in [9.17, 15) is 9.59 Å². The number of nitrogens with one attached hydrogen (secondary N) is 1. The predicted molar refractivity (Wildman–Crippen MR) is 108 cm³/mol. The van der Waals surface area contributed by atoms with Gasteiger partial charge in [-0.2, -0.15) is 0 Å². The van der Waals surface area contributed by atoms with Crippen molar-refractivity contribution in [2.24, 2.45) is 5.92 Å². The molecule has 1 saturated heterocycles. The topological polar surface area (TPSA) is 65.5 Å². The SMILES string of the molecule is Cc1ccc(C(=O)NCCN(C)C)c(C2CCN(C(=O)CC(C)C)CC2)n1. The molecule has 1 N–H and O–H groups in total. The van der Waals surface area contributed by atoms with E-state index < -0.39 is 0 Å². The summed E-state index contributed by atoms with van der Waals surface area (Å²) in [7, 11) is 3.97. The quantitative estimate of drug-likeness (QED) is 0.796. The highest BCUT2D eigenvalue weighted by atomic mass is 16.2. The highest BCUT2D eigenvalue weighted by Crippen LogP contribution is 2.30. The van der Waals surface area contributed by atoms with Crippen LogP contribution in [0.5, 0.6) is 0 Å². The Bertz CT molecular complexity index is 650. The minimum Gasteiger partial charge on any atom is -0.351 e. The van der Waals surface area contributed by atoms with Crippen LogP contribution in [0.1, 0.15) is 60.8 Å². The second-order valence-corrected chi connectivity index (χ2v) is 8.20. The normalized spacial score (nSPS) is 15.4. The van der Waals surface area contributed by atoms with Gasteiger partial charge in [0.25, 0.3) is 5.91 Å². The van der Waals surface area contributed by atoms with Crippen LogP contribution in [0, 0.1) is 12.8 Å². The van der Waals surface area contributed by atoms with Gasteiger partial charge < -0.3 is 15.1 Å². The van der Waals surface area contributed by atoms with Gasteiger partial charge in [0.05, 0.1) is 11.3 Å². The molecule has 1 aromatic heterocycles. The van der Waals surface area contributed by atoms with Gasteiger partial charge in [-0.25, -0.2) is 0 Å². The Balaban J connectivity index is 2.04. The van der Waals surface area contributed by atoms with Crippen molar-refractivity contribution >= 4 is 11.8 Å². The Morgan fingerprint density at radius 3 is 2.52 bits per heavy atom. The average Bonchev–Trinajstić information content (AvgIpc) is 2.60. The van der Waals surface area contributed by atoms with E-state index in [0.717, 1.165) is 43.9 Å². The summed E-state index contributed by atoms with van der Waals surface area (Å²) in [6.07, 6.45) is 2.32. The van der Waals surface area contributed by atoms with Crippen molar-refractivity contribution in [2.45, 2.75) is 46.0 Å². The number of likely N-dealkylation sites (N-methyl/N-ethyl adjacent to an activating group) is 1. The van der Waals surface area contributed by atoms with Gasteiger partial charge in [-0.15, -0.1) is 0 Å². The minimum absolute atomic E-state index is 0.0577. The van der Waals surface area contributed by atoms with Gasteiger partial charge in [-0.3, -0.25) is 14.6 Å². The molecule has 1 aromatic rings. The largest absolute Gasteiger partial charge is 0.351 e. The van der Waals surface area contributed by atoms with Gasteiger partial charge in [0.2, 0.25) is 5.91 Å². The molecule has 0 unspecified atom stereocenters. The fraction of sp³-hybridized carbons (Fsp3) is 0.667. The number of aryl methyl sites for hydroxylation is 1. The van der Waals surface area contributed by atoms with Crippen LogP contribution in [-0.2, 0) is 4.79 Å². The summed E-state index contributed by atoms with van der Waals surface area (Å²) in [6, 6.07) is 3.78. The summed E-state index contributed by atoms with van der Waals surface area (Å²) in [4.78, 5) is 33.7. The molecule has 0 aliphatic carbocycles. The van der Waals surface area contributed by atoms with Crippen molar-refractivity contribution < 1.29 is 9.59 Å². The molecule has 0 radical (unpaired) electrons. The van der Waals surface area contributed by atoms with Crippen LogP contribution in [0.2, 0.25) is 0 Å². The lowest BCUT2D eigenvalue weighted by Crippen LogP contribution is -2.39. The third kappa shape index (κ3) is 6.31. The van der Waals surface area contributed by atoms with Crippen LogP contribution >= 0.6 is 0 Å². The number of nitrogens with zero attached hydrogens (tertiary/aromatic N) is 3. The molecule has 2 amide bonds. The zero-order chi connectivity index (χ0) is 20.0. The van der Waals surface area contributed by atoms with E-state index >= 15 is 0 Å². The molecule has 0 bridgehead atoms. The molecular weight excluding hydrogens is 340 g/mol. The monoisotopic (exact) mass is 374 g/mol. The summed E-state index contributed by atoms with van der Waals surface area (Å²) >= 11 is 0. The smallest absolute Gasteiger partial charge is 0.253 e. The maximum atomic E-state index is 12.7. The molecule has 0 saturated carbocycles. The Labute approximate surface area is 163 Å². The van der Waals surface area contributed by atoms with Gasteiger partial charge in [0.15, 0.2) is 0 Å². The third-order valence-corrected chi connectivity index (χ3v) is 4.97. The van der Waals surface area contributed by atoms with E-state index in [-0.39, 0.29) is 17.7 Å². The lowest BCUT2D eigenvalue weighted by Gasteiger charge is -2.33. The standard InChI is InChI=1S/C21H34N4O2/c1-15(2)14-19(26)25-11-8-17(9-12-25)20-18(7-6-16(3)23-20)21(27)22-10-13-24(4)5/h6-7,15,17H,8-14H2,1-5H3,(H,22,27). The van der Waals surface area contributed by atoms with E-state index in [1.165, 1.54) is 0 Å². The fourth-order valence-electron chi connectivity index (χ4n) is 3.45. The van der Waals surface area contributed by atoms with Gasteiger partial charge in [-0.05, 0) is 51.9 Å². The molecule has 1 fully saturated rings. The van der Waals surface area contributed by atoms with Crippen LogP contribution in [-0.4, -0.2) is 66.9 Å². The first-order chi connectivity index (χ1) is 12.8. The van der Waals surface area contributed by atoms with Crippen LogP contribution in [0.4, 0.5) is 0 Å². The highest BCUT2D eigenvalue weighted by molar-refractivity contribution is 5.95. The van der Waals surface area contributed by atoms with Crippen molar-refractivity contribution in [3.63, 3.8) is 0 Å². The lowest BCUT2D eigenvalue weighted by atomic mass is 9.89. The summed E-state index contributed by atoms with van der Waals surface area (Å²) < 4.78 is 0. The van der Waals surface area contributed by atoms with Crippen molar-refractivity contribution in [3.05, 3.63) is 29.1 Å². The Kier molecular flexibility index (Phi) is 7.78. The molecule has 1 aliphatic rings. The zero-order valence-corrected chi connectivity index (χ0v) is 17.4. The van der Waals surface area contributed by atoms with E-state index in [1.807, 2.05) is 43.0 Å². The van der Waals surface area contributed by atoms with Crippen molar-refractivity contribution in [2.75, 3.05) is 40.3 Å². The first-order valence-electron chi connectivity index (χ1n) is 9.96. The van der Waals surface area contributed by atoms with Crippen LogP contribution in [0.3, 0.4) is 0 Å². The van der Waals surface area contributed by atoms with Gasteiger partial charge in [0, 0.05) is 44.2 Å². The Morgan fingerprint density at radius 1 is 1.26 bits per heavy atom. The third-order valence-electron chi connectivity index (χ3n) is 4.97. The molecule has 6 heteroatoms. The lowest BCUT2D eigenvalue weighted by molar-refractivity contribution is -0.133. The van der Waals surface area contributed by atoms with Gasteiger partial charge in [0.1, 0.15) is 0 Å². The summed E-state index contributed by atoms with van der Waals surface area (Å²) in [5.41, 5.74) is 2.48. The molecule has 6 nitrogen and oxygen atoms in total. The molecule has 27 heavy (non-hydrogen) atoms. The first-order valence-corrected chi connectivity index (χ1v) is 9.96. The van der Waals surface area contributed by atoms with E-state index in [2.05, 4.69) is 19.2 Å². The maximum absolute atomic E-state index is 12.7. The second-order valence-electron chi connectivity index (χ2n) is 8.20. The number of aromatic nitrogens is 1. The number of carbonyl (C=O) groups excluding carboxylic acids is 2. The van der Waals surface area contributed by atoms with Crippen LogP contribution in [0.25, 0.3) is 0 Å². The Hall–Kier alpha value is -1.95. The average molecular weight is 375 g/mol. The van der Waals surface area contributed by atoms with Crippen molar-refractivity contribution in [3.8, 4) is 0 Å². The predicted octanol–water partition coefficient (Wildman–Crippen LogP) is 2.43. The van der Waals surface area contributed by atoms with E-state index in [4.69, 9.17) is 4.98 Å². The zero-order valence-electron chi connectivity index (χ0n) is 17.4. The highest BCUT2D eigenvalue weighted by Gasteiger charge is 2.28. The number of pyridine rings is 1. The van der Waals surface area contributed by atoms with Gasteiger partial charge >= 0.3 is 0 Å². The molecule has 150 valence electrons. The van der Waals surface area contributed by atoms with Crippen molar-refractivity contribution in [1.29, 1.82) is 0 Å². The van der Waals surface area contributed by atoms with Crippen molar-refractivity contribution in [1.82, 2.24) is 20.1 Å². The second kappa shape index (κ2) is 9.83. The number of carbonyl (C=O) groups is 2. The maximum Gasteiger partial charge on any atom is 0.253 e. The number of hydrogen-bond acceptors (Lipinski definition) is 4. The summed E-state index contributed by atoms with van der Waals surface area (Å²) in [5.74, 6) is 0.786. The molecule has 0 aromatic carbocycles. The molecule has 0 atom stereocenters. The number of hydrogen-bond donors (Lipinski definition) is 1. The van der Waals surface area contributed by atoms with E-state index in [0.29, 0.717) is 24.4 Å². The van der Waals surface area contributed by atoms with Crippen LogP contribution < -0.4 is 5.32 Å². The molecule has 1 aliphatic heterocycles.